The second kappa shape index (κ2) is 6.36. The summed E-state index contributed by atoms with van der Waals surface area (Å²) in [6, 6.07) is 4.22. The summed E-state index contributed by atoms with van der Waals surface area (Å²) in [5.41, 5.74) is 0.570. The first-order valence-electron chi connectivity index (χ1n) is 6.95. The molecule has 21 heavy (non-hydrogen) atoms. The Hall–Kier alpha value is -1.07. The Morgan fingerprint density at radius 2 is 2.10 bits per heavy atom. The molecule has 0 spiro atoms. The zero-order valence-corrected chi connectivity index (χ0v) is 14.5. The Morgan fingerprint density at radius 1 is 1.43 bits per heavy atom. The number of amides is 2. The van der Waals surface area contributed by atoms with Crippen molar-refractivity contribution in [3.05, 3.63) is 27.7 Å². The van der Waals surface area contributed by atoms with E-state index in [0.717, 1.165) is 10.9 Å². The van der Waals surface area contributed by atoms with Gasteiger partial charge in [0.2, 0.25) is 5.91 Å². The lowest BCUT2D eigenvalue weighted by Crippen LogP contribution is -2.64. The number of rotatable bonds is 3. The van der Waals surface area contributed by atoms with Crippen molar-refractivity contribution in [1.29, 1.82) is 0 Å². The minimum atomic E-state index is -0.573. The molecule has 6 heteroatoms. The zero-order chi connectivity index (χ0) is 15.7. The van der Waals surface area contributed by atoms with Crippen molar-refractivity contribution in [3.63, 3.8) is 0 Å². The maximum Gasteiger partial charge on any atom is 0.250 e. The van der Waals surface area contributed by atoms with Gasteiger partial charge in [0.1, 0.15) is 12.1 Å². The van der Waals surface area contributed by atoms with Crippen molar-refractivity contribution in [3.8, 4) is 0 Å². The highest BCUT2D eigenvalue weighted by Gasteiger charge is 2.41. The molecule has 4 nitrogen and oxygen atoms in total. The number of piperazine rings is 1. The van der Waals surface area contributed by atoms with Crippen molar-refractivity contribution in [1.82, 2.24) is 5.32 Å². The average Bonchev–Trinajstić information content (AvgIpc) is 2.44. The molecule has 2 amide bonds. The van der Waals surface area contributed by atoms with Gasteiger partial charge in [-0.25, -0.2) is 0 Å². The van der Waals surface area contributed by atoms with E-state index in [1.54, 1.807) is 19.1 Å². The van der Waals surface area contributed by atoms with Crippen LogP contribution < -0.4 is 10.2 Å². The molecule has 0 bridgehead atoms. The Labute approximate surface area is 138 Å². The Balaban J connectivity index is 2.43. The van der Waals surface area contributed by atoms with Crippen LogP contribution in [0.4, 0.5) is 5.69 Å². The molecule has 0 aromatic heterocycles. The summed E-state index contributed by atoms with van der Waals surface area (Å²) in [4.78, 5) is 26.4. The van der Waals surface area contributed by atoms with Gasteiger partial charge in [-0.2, -0.15) is 0 Å². The molecule has 1 saturated heterocycles. The third-order valence-corrected chi connectivity index (χ3v) is 4.75. The van der Waals surface area contributed by atoms with Gasteiger partial charge in [-0.15, -0.1) is 0 Å². The van der Waals surface area contributed by atoms with E-state index in [4.69, 9.17) is 11.6 Å². The predicted molar refractivity (Wildman–Crippen MR) is 87.5 cm³/mol. The Morgan fingerprint density at radius 3 is 2.67 bits per heavy atom. The summed E-state index contributed by atoms with van der Waals surface area (Å²) < 4.78 is 0.830. The number of benzene rings is 1. The van der Waals surface area contributed by atoms with Crippen LogP contribution in [0.15, 0.2) is 22.7 Å². The third kappa shape index (κ3) is 3.09. The SMILES string of the molecule is CCC(C)C1NC(=O)C(C)N(c2ccc(Br)cc2Cl)C1=O. The van der Waals surface area contributed by atoms with E-state index < -0.39 is 12.1 Å². The summed E-state index contributed by atoms with van der Waals surface area (Å²) in [5.74, 6) is -0.190. The maximum absolute atomic E-state index is 12.8. The number of halogens is 2. The molecule has 1 heterocycles. The van der Waals surface area contributed by atoms with E-state index in [1.807, 2.05) is 19.9 Å². The first-order valence-corrected chi connectivity index (χ1v) is 8.12. The molecule has 1 fully saturated rings. The molecule has 3 atom stereocenters. The monoisotopic (exact) mass is 372 g/mol. The number of carbonyl (C=O) groups excluding carboxylic acids is 2. The summed E-state index contributed by atoms with van der Waals surface area (Å²) >= 11 is 9.59. The minimum Gasteiger partial charge on any atom is -0.342 e. The van der Waals surface area contributed by atoms with Crippen LogP contribution in [-0.4, -0.2) is 23.9 Å². The number of nitrogens with one attached hydrogen (secondary N) is 1. The topological polar surface area (TPSA) is 49.4 Å². The minimum absolute atomic E-state index is 0.0747. The van der Waals surface area contributed by atoms with Crippen LogP contribution in [0.5, 0.6) is 0 Å². The highest BCUT2D eigenvalue weighted by Crippen LogP contribution is 2.32. The van der Waals surface area contributed by atoms with Gasteiger partial charge in [0, 0.05) is 4.47 Å². The zero-order valence-electron chi connectivity index (χ0n) is 12.2. The summed E-state index contributed by atoms with van der Waals surface area (Å²) in [7, 11) is 0. The van der Waals surface area contributed by atoms with Crippen LogP contribution in [0, 0.1) is 5.92 Å². The second-order valence-corrected chi connectivity index (χ2v) is 6.67. The summed E-state index contributed by atoms with van der Waals surface area (Å²) in [5, 5.41) is 3.26. The first kappa shape index (κ1) is 16.3. The van der Waals surface area contributed by atoms with E-state index >= 15 is 0 Å². The van der Waals surface area contributed by atoms with Crippen molar-refractivity contribution in [2.75, 3.05) is 4.90 Å². The fourth-order valence-corrected chi connectivity index (χ4v) is 3.18. The molecule has 0 saturated carbocycles. The molecular weight excluding hydrogens is 356 g/mol. The molecule has 1 aromatic rings. The van der Waals surface area contributed by atoms with Gasteiger partial charge < -0.3 is 5.32 Å². The Bertz CT molecular complexity index is 579. The molecule has 1 N–H and O–H groups in total. The number of carbonyl (C=O) groups is 2. The number of anilines is 1. The second-order valence-electron chi connectivity index (χ2n) is 5.35. The lowest BCUT2D eigenvalue weighted by Gasteiger charge is -2.39. The fourth-order valence-electron chi connectivity index (χ4n) is 2.42. The van der Waals surface area contributed by atoms with E-state index in [9.17, 15) is 9.59 Å². The van der Waals surface area contributed by atoms with Crippen LogP contribution in [0.2, 0.25) is 5.02 Å². The molecule has 3 unspecified atom stereocenters. The summed E-state index contributed by atoms with van der Waals surface area (Å²) in [6.45, 7) is 5.66. The molecule has 114 valence electrons. The van der Waals surface area contributed by atoms with Gasteiger partial charge in [0.15, 0.2) is 0 Å². The van der Waals surface area contributed by atoms with Crippen molar-refractivity contribution < 1.29 is 9.59 Å². The predicted octanol–water partition coefficient (Wildman–Crippen LogP) is 3.37. The largest absolute Gasteiger partial charge is 0.342 e. The molecule has 0 aliphatic carbocycles. The molecule has 0 radical (unpaired) electrons. The molecule has 1 aliphatic heterocycles. The highest BCUT2D eigenvalue weighted by molar-refractivity contribution is 9.10. The smallest absolute Gasteiger partial charge is 0.250 e. The van der Waals surface area contributed by atoms with E-state index in [2.05, 4.69) is 21.2 Å². The van der Waals surface area contributed by atoms with Crippen molar-refractivity contribution in [2.45, 2.75) is 39.3 Å². The van der Waals surface area contributed by atoms with Gasteiger partial charge >= 0.3 is 0 Å². The average molecular weight is 374 g/mol. The van der Waals surface area contributed by atoms with Gasteiger partial charge in [0.25, 0.3) is 5.91 Å². The maximum atomic E-state index is 12.8. The number of hydrogen-bond donors (Lipinski definition) is 1. The number of hydrogen-bond acceptors (Lipinski definition) is 2. The van der Waals surface area contributed by atoms with Crippen molar-refractivity contribution in [2.24, 2.45) is 5.92 Å². The van der Waals surface area contributed by atoms with E-state index in [-0.39, 0.29) is 17.7 Å². The highest BCUT2D eigenvalue weighted by atomic mass is 79.9. The van der Waals surface area contributed by atoms with Crippen LogP contribution in [0.3, 0.4) is 0 Å². The standard InChI is InChI=1S/C15H18BrClN2O2/c1-4-8(2)13-15(21)19(9(3)14(20)18-13)12-6-5-10(16)7-11(12)17/h5-9,13H,4H2,1-3H3,(H,18,20). The van der Waals surface area contributed by atoms with Crippen molar-refractivity contribution >= 4 is 45.0 Å². The van der Waals surface area contributed by atoms with Gasteiger partial charge in [-0.3, -0.25) is 14.5 Å². The van der Waals surface area contributed by atoms with Crippen LogP contribution in [-0.2, 0) is 9.59 Å². The lowest BCUT2D eigenvalue weighted by molar-refractivity contribution is -0.134. The third-order valence-electron chi connectivity index (χ3n) is 3.95. The summed E-state index contributed by atoms with van der Waals surface area (Å²) in [6.07, 6.45) is 0.812. The quantitative estimate of drug-likeness (QED) is 0.883. The molecule has 1 aromatic carbocycles. The molecule has 1 aliphatic rings. The Kier molecular flexibility index (Phi) is 4.94. The normalized spacial score (nSPS) is 24.0. The molecular formula is C15H18BrClN2O2. The van der Waals surface area contributed by atoms with Gasteiger partial charge in [-0.05, 0) is 31.0 Å². The first-order chi connectivity index (χ1) is 9.86. The van der Waals surface area contributed by atoms with Crippen LogP contribution in [0.1, 0.15) is 27.2 Å². The molecule has 2 rings (SSSR count). The lowest BCUT2D eigenvalue weighted by atomic mass is 9.94. The fraction of sp³-hybridized carbons (Fsp3) is 0.467. The van der Waals surface area contributed by atoms with E-state index in [0.29, 0.717) is 10.7 Å². The van der Waals surface area contributed by atoms with Crippen LogP contribution >= 0.6 is 27.5 Å². The van der Waals surface area contributed by atoms with Gasteiger partial charge in [-0.1, -0.05) is 47.8 Å². The van der Waals surface area contributed by atoms with E-state index in [1.165, 1.54) is 4.90 Å². The van der Waals surface area contributed by atoms with Crippen LogP contribution in [0.25, 0.3) is 0 Å². The number of nitrogens with zero attached hydrogens (tertiary/aromatic N) is 1. The van der Waals surface area contributed by atoms with Gasteiger partial charge in [0.05, 0.1) is 10.7 Å².